The number of fused-ring (bicyclic) bond motifs is 1. The van der Waals surface area contributed by atoms with Crippen molar-refractivity contribution in [2.75, 3.05) is 0 Å². The van der Waals surface area contributed by atoms with E-state index in [0.29, 0.717) is 17.7 Å². The predicted molar refractivity (Wildman–Crippen MR) is 56.1 cm³/mol. The fraction of sp³-hybridized carbons (Fsp3) is 0.250. The van der Waals surface area contributed by atoms with Crippen LogP contribution in [0.3, 0.4) is 0 Å². The van der Waals surface area contributed by atoms with Crippen molar-refractivity contribution in [3.63, 3.8) is 0 Å². The molecule has 0 radical (unpaired) electrons. The Bertz CT molecular complexity index is 421. The number of aliphatic hydroxyl groups excluding tert-OH is 1. The molecule has 1 atom stereocenters. The maximum atomic E-state index is 11.4. The van der Waals surface area contributed by atoms with Gasteiger partial charge in [0.1, 0.15) is 5.76 Å². The van der Waals surface area contributed by atoms with Crippen LogP contribution in [0.4, 0.5) is 0 Å². The molecule has 0 aliphatic carbocycles. The number of hydrogen-bond acceptors (Lipinski definition) is 3. The van der Waals surface area contributed by atoms with Crippen molar-refractivity contribution in [2.45, 2.75) is 19.4 Å². The third-order valence-corrected chi connectivity index (χ3v) is 2.38. The van der Waals surface area contributed by atoms with E-state index in [9.17, 15) is 9.90 Å². The molecule has 0 saturated heterocycles. The van der Waals surface area contributed by atoms with Gasteiger partial charge in [0.25, 0.3) is 0 Å². The molecule has 3 heteroatoms. The van der Waals surface area contributed by atoms with Crippen LogP contribution in [0.5, 0.6) is 0 Å². The molecule has 78 valence electrons. The first-order valence-electron chi connectivity index (χ1n) is 4.94. The second-order valence-corrected chi connectivity index (χ2v) is 3.44. The molecule has 0 bridgehead atoms. The highest BCUT2D eigenvalue weighted by Gasteiger charge is 2.25. The molecule has 0 aromatic heterocycles. The lowest BCUT2D eigenvalue weighted by Crippen LogP contribution is -2.00. The Morgan fingerprint density at radius 3 is 2.73 bits per heavy atom. The molecule has 2 rings (SSSR count). The van der Waals surface area contributed by atoms with E-state index in [4.69, 9.17) is 4.74 Å². The molecule has 0 unspecified atom stereocenters. The van der Waals surface area contributed by atoms with Crippen molar-refractivity contribution in [3.05, 3.63) is 41.5 Å². The van der Waals surface area contributed by atoms with Gasteiger partial charge in [-0.2, -0.15) is 0 Å². The van der Waals surface area contributed by atoms with Gasteiger partial charge in [0.2, 0.25) is 0 Å². The topological polar surface area (TPSA) is 46.5 Å². The summed E-state index contributed by atoms with van der Waals surface area (Å²) < 4.78 is 5.07. The van der Waals surface area contributed by atoms with Gasteiger partial charge in [-0.05, 0) is 18.6 Å². The average molecular weight is 204 g/mol. The minimum atomic E-state index is -0.570. The van der Waals surface area contributed by atoms with Crippen LogP contribution in [0, 0.1) is 0 Å². The second-order valence-electron chi connectivity index (χ2n) is 3.44. The van der Waals surface area contributed by atoms with Crippen molar-refractivity contribution < 1.29 is 14.6 Å². The minimum absolute atomic E-state index is 0.347. The van der Waals surface area contributed by atoms with Crippen LogP contribution >= 0.6 is 0 Å². The monoisotopic (exact) mass is 204 g/mol. The molecule has 0 fully saturated rings. The molecule has 3 nitrogen and oxygen atoms in total. The summed E-state index contributed by atoms with van der Waals surface area (Å²) in [6, 6.07) is 7.16. The SMILES string of the molecule is CC[C@H](O)/C=C1/OC(=O)c2ccccc21. The summed E-state index contributed by atoms with van der Waals surface area (Å²) >= 11 is 0. The molecule has 0 saturated carbocycles. The number of hydrogen-bond donors (Lipinski definition) is 1. The fourth-order valence-electron chi connectivity index (χ4n) is 1.50. The van der Waals surface area contributed by atoms with E-state index in [1.807, 2.05) is 19.1 Å². The molecule has 1 aromatic rings. The van der Waals surface area contributed by atoms with E-state index in [1.165, 1.54) is 0 Å². The number of aliphatic hydroxyl groups is 1. The Labute approximate surface area is 88.0 Å². The van der Waals surface area contributed by atoms with Crippen molar-refractivity contribution in [2.24, 2.45) is 0 Å². The Morgan fingerprint density at radius 1 is 1.40 bits per heavy atom. The quantitative estimate of drug-likeness (QED) is 0.749. The van der Waals surface area contributed by atoms with Crippen molar-refractivity contribution in [3.8, 4) is 0 Å². The summed E-state index contributed by atoms with van der Waals surface area (Å²) in [5, 5.41) is 9.46. The van der Waals surface area contributed by atoms with Gasteiger partial charge >= 0.3 is 5.97 Å². The number of carbonyl (C=O) groups is 1. The molecule has 0 amide bonds. The number of cyclic esters (lactones) is 1. The van der Waals surface area contributed by atoms with E-state index in [-0.39, 0.29) is 5.97 Å². The van der Waals surface area contributed by atoms with Crippen molar-refractivity contribution in [1.82, 2.24) is 0 Å². The lowest BCUT2D eigenvalue weighted by atomic mass is 10.1. The third kappa shape index (κ3) is 1.78. The smallest absolute Gasteiger partial charge is 0.344 e. The first-order chi connectivity index (χ1) is 7.22. The molecule has 0 spiro atoms. The molecular weight excluding hydrogens is 192 g/mol. The summed E-state index contributed by atoms with van der Waals surface area (Å²) in [5.74, 6) is 0.116. The van der Waals surface area contributed by atoms with Gasteiger partial charge in [-0.1, -0.05) is 25.1 Å². The summed E-state index contributed by atoms with van der Waals surface area (Å²) in [6.45, 7) is 1.87. The maximum Gasteiger partial charge on any atom is 0.344 e. The maximum absolute atomic E-state index is 11.4. The number of benzene rings is 1. The van der Waals surface area contributed by atoms with Crippen LogP contribution < -0.4 is 0 Å². The third-order valence-electron chi connectivity index (χ3n) is 2.38. The first kappa shape index (κ1) is 9.93. The first-order valence-corrected chi connectivity index (χ1v) is 4.94. The van der Waals surface area contributed by atoms with E-state index in [0.717, 1.165) is 5.56 Å². The molecule has 1 aromatic carbocycles. The molecule has 15 heavy (non-hydrogen) atoms. The van der Waals surface area contributed by atoms with Crippen LogP contribution in [-0.2, 0) is 4.74 Å². The van der Waals surface area contributed by atoms with Gasteiger partial charge in [0.15, 0.2) is 0 Å². The van der Waals surface area contributed by atoms with E-state index in [2.05, 4.69) is 0 Å². The zero-order valence-electron chi connectivity index (χ0n) is 8.43. The van der Waals surface area contributed by atoms with Crippen molar-refractivity contribution in [1.29, 1.82) is 0 Å². The number of rotatable bonds is 2. The van der Waals surface area contributed by atoms with E-state index in [1.54, 1.807) is 18.2 Å². The Balaban J connectivity index is 2.40. The van der Waals surface area contributed by atoms with Crippen LogP contribution in [0.25, 0.3) is 5.76 Å². The van der Waals surface area contributed by atoms with Gasteiger partial charge in [-0.3, -0.25) is 0 Å². The molecule has 1 N–H and O–H groups in total. The number of esters is 1. The number of carbonyl (C=O) groups excluding carboxylic acids is 1. The zero-order valence-corrected chi connectivity index (χ0v) is 8.43. The van der Waals surface area contributed by atoms with Crippen molar-refractivity contribution >= 4 is 11.7 Å². The summed E-state index contributed by atoms with van der Waals surface area (Å²) in [5.41, 5.74) is 1.32. The second kappa shape index (κ2) is 3.87. The molecule has 1 aliphatic heterocycles. The predicted octanol–water partition coefficient (Wildman–Crippen LogP) is 1.97. The highest BCUT2D eigenvalue weighted by molar-refractivity contribution is 6.02. The lowest BCUT2D eigenvalue weighted by Gasteiger charge is -2.02. The standard InChI is InChI=1S/C12H12O3/c1-2-8(13)7-11-9-5-3-4-6-10(9)12(14)15-11/h3-8,13H,2H2,1H3/b11-7+/t8-/m0/s1. The summed E-state index contributed by atoms with van der Waals surface area (Å²) in [7, 11) is 0. The van der Waals surface area contributed by atoms with Gasteiger partial charge in [0.05, 0.1) is 11.7 Å². The van der Waals surface area contributed by atoms with Gasteiger partial charge in [0, 0.05) is 5.56 Å². The van der Waals surface area contributed by atoms with Crippen LogP contribution in [0.15, 0.2) is 30.3 Å². The van der Waals surface area contributed by atoms with Gasteiger partial charge in [-0.15, -0.1) is 0 Å². The highest BCUT2D eigenvalue weighted by atomic mass is 16.5. The molecule has 1 aliphatic rings. The Hall–Kier alpha value is -1.61. The Morgan fingerprint density at radius 2 is 2.07 bits per heavy atom. The Kier molecular flexibility index (Phi) is 2.56. The largest absolute Gasteiger partial charge is 0.422 e. The summed E-state index contributed by atoms with van der Waals surface area (Å²) in [4.78, 5) is 11.4. The summed E-state index contributed by atoms with van der Waals surface area (Å²) in [6.07, 6.45) is 1.60. The normalized spacial score (nSPS) is 18.8. The lowest BCUT2D eigenvalue weighted by molar-refractivity contribution is 0.0713. The van der Waals surface area contributed by atoms with Crippen LogP contribution in [0.2, 0.25) is 0 Å². The fourth-order valence-corrected chi connectivity index (χ4v) is 1.50. The molecular formula is C12H12O3. The average Bonchev–Trinajstić information content (AvgIpc) is 2.57. The van der Waals surface area contributed by atoms with Gasteiger partial charge < -0.3 is 9.84 Å². The zero-order chi connectivity index (χ0) is 10.8. The van der Waals surface area contributed by atoms with E-state index < -0.39 is 6.10 Å². The van der Waals surface area contributed by atoms with Crippen LogP contribution in [-0.4, -0.2) is 17.2 Å². The number of ether oxygens (including phenoxy) is 1. The molecule has 1 heterocycles. The van der Waals surface area contributed by atoms with Gasteiger partial charge in [-0.25, -0.2) is 4.79 Å². The minimum Gasteiger partial charge on any atom is -0.422 e. The highest BCUT2D eigenvalue weighted by Crippen LogP contribution is 2.29. The van der Waals surface area contributed by atoms with E-state index >= 15 is 0 Å². The van der Waals surface area contributed by atoms with Crippen LogP contribution in [0.1, 0.15) is 29.3 Å².